The van der Waals surface area contributed by atoms with E-state index >= 15 is 0 Å². The number of esters is 1. The first-order valence-corrected chi connectivity index (χ1v) is 6.76. The van der Waals surface area contributed by atoms with Gasteiger partial charge in [-0.15, -0.1) is 0 Å². The molecule has 0 atom stereocenters. The Morgan fingerprint density at radius 2 is 1.70 bits per heavy atom. The molecule has 2 aromatic rings. The quantitative estimate of drug-likeness (QED) is 0.488. The molecule has 0 aliphatic rings. The molecule has 0 saturated heterocycles. The maximum absolute atomic E-state index is 12.2. The van der Waals surface area contributed by atoms with Gasteiger partial charge < -0.3 is 9.64 Å². The average molecular weight is 314 g/mol. The van der Waals surface area contributed by atoms with Crippen molar-refractivity contribution in [1.82, 2.24) is 9.88 Å². The molecule has 0 N–H and O–H groups in total. The van der Waals surface area contributed by atoms with Crippen LogP contribution in [0.4, 0.5) is 0 Å². The van der Waals surface area contributed by atoms with E-state index in [0.717, 1.165) is 6.41 Å². The molecule has 0 unspecified atom stereocenters. The van der Waals surface area contributed by atoms with Crippen molar-refractivity contribution in [2.24, 2.45) is 0 Å². The Labute approximate surface area is 134 Å². The summed E-state index contributed by atoms with van der Waals surface area (Å²) < 4.78 is 4.61. The van der Waals surface area contributed by atoms with Gasteiger partial charge in [-0.2, -0.15) is 0 Å². The Hall–Kier alpha value is -3.02. The number of benzene rings is 1. The predicted octanol–water partition coefficient (Wildman–Crippen LogP) is 1.80. The molecule has 0 fully saturated rings. The monoisotopic (exact) mass is 314 g/mol. The fraction of sp³-hybridized carbons (Fsp3) is 0.176. The summed E-state index contributed by atoms with van der Waals surface area (Å²) in [6, 6.07) is 11.9. The van der Waals surface area contributed by atoms with E-state index in [0.29, 0.717) is 5.56 Å². The highest BCUT2D eigenvalue weighted by Gasteiger charge is 2.19. The van der Waals surface area contributed by atoms with E-state index in [-0.39, 0.29) is 17.0 Å². The number of rotatable bonds is 4. The largest absolute Gasteiger partial charge is 0.464 e. The normalized spacial score (nSPS) is 9.17. The molecule has 23 heavy (non-hydrogen) atoms. The van der Waals surface area contributed by atoms with Crippen LogP contribution in [0.15, 0.2) is 48.7 Å². The second kappa shape index (κ2) is 9.09. The number of methoxy groups -OCH3 is 1. The van der Waals surface area contributed by atoms with Crippen LogP contribution in [-0.2, 0) is 9.53 Å². The molecule has 0 bridgehead atoms. The highest BCUT2D eigenvalue weighted by molar-refractivity contribution is 6.13. The number of carbonyl (C=O) groups is 3. The van der Waals surface area contributed by atoms with Crippen molar-refractivity contribution in [3.8, 4) is 0 Å². The summed E-state index contributed by atoms with van der Waals surface area (Å²) in [6.07, 6.45) is 2.20. The van der Waals surface area contributed by atoms with Gasteiger partial charge in [-0.05, 0) is 12.1 Å². The SMILES string of the molecule is CN(C)C=O.COC(=O)c1ncccc1C(=O)c1ccccc1. The molecule has 6 heteroatoms. The third-order valence-corrected chi connectivity index (χ3v) is 2.68. The van der Waals surface area contributed by atoms with Gasteiger partial charge in [-0.1, -0.05) is 30.3 Å². The Morgan fingerprint density at radius 1 is 1.09 bits per heavy atom. The summed E-state index contributed by atoms with van der Waals surface area (Å²) in [5.41, 5.74) is 0.792. The number of hydrogen-bond donors (Lipinski definition) is 0. The van der Waals surface area contributed by atoms with Gasteiger partial charge in [0, 0.05) is 25.9 Å². The molecule has 1 heterocycles. The molecule has 0 spiro atoms. The third kappa shape index (κ3) is 5.35. The lowest BCUT2D eigenvalue weighted by atomic mass is 10.0. The van der Waals surface area contributed by atoms with Crippen molar-refractivity contribution in [3.63, 3.8) is 0 Å². The Bertz CT molecular complexity index is 669. The zero-order valence-electron chi connectivity index (χ0n) is 13.2. The Kier molecular flexibility index (Phi) is 7.13. The molecule has 0 aliphatic carbocycles. The van der Waals surface area contributed by atoms with Crippen LogP contribution in [0.5, 0.6) is 0 Å². The molecular weight excluding hydrogens is 296 g/mol. The van der Waals surface area contributed by atoms with Crippen molar-refractivity contribution < 1.29 is 19.1 Å². The molecular formula is C17H18N2O4. The molecule has 6 nitrogen and oxygen atoms in total. The van der Waals surface area contributed by atoms with Crippen molar-refractivity contribution in [2.75, 3.05) is 21.2 Å². The zero-order chi connectivity index (χ0) is 17.2. The molecule has 0 saturated carbocycles. The number of pyridine rings is 1. The van der Waals surface area contributed by atoms with E-state index in [4.69, 9.17) is 0 Å². The number of ketones is 1. The molecule has 1 amide bonds. The molecule has 1 aromatic heterocycles. The third-order valence-electron chi connectivity index (χ3n) is 2.68. The minimum absolute atomic E-state index is 0.0360. The van der Waals surface area contributed by atoms with E-state index < -0.39 is 5.97 Å². The van der Waals surface area contributed by atoms with Gasteiger partial charge in [-0.3, -0.25) is 9.59 Å². The summed E-state index contributed by atoms with van der Waals surface area (Å²) in [4.78, 5) is 38.5. The van der Waals surface area contributed by atoms with Gasteiger partial charge in [0.05, 0.1) is 12.7 Å². The lowest BCUT2D eigenvalue weighted by Crippen LogP contribution is -2.13. The summed E-state index contributed by atoms with van der Waals surface area (Å²) in [7, 11) is 4.63. The number of amides is 1. The number of hydrogen-bond acceptors (Lipinski definition) is 5. The number of aromatic nitrogens is 1. The smallest absolute Gasteiger partial charge is 0.357 e. The first kappa shape index (κ1) is 18.0. The first-order valence-electron chi connectivity index (χ1n) is 6.76. The van der Waals surface area contributed by atoms with Crippen LogP contribution < -0.4 is 0 Å². The first-order chi connectivity index (χ1) is 11.0. The highest BCUT2D eigenvalue weighted by atomic mass is 16.5. The maximum atomic E-state index is 12.2. The second-order valence-corrected chi connectivity index (χ2v) is 4.66. The zero-order valence-corrected chi connectivity index (χ0v) is 13.2. The fourth-order valence-electron chi connectivity index (χ4n) is 1.59. The average Bonchev–Trinajstić information content (AvgIpc) is 2.61. The summed E-state index contributed by atoms with van der Waals surface area (Å²) in [5, 5.41) is 0. The van der Waals surface area contributed by atoms with Gasteiger partial charge in [0.15, 0.2) is 11.5 Å². The van der Waals surface area contributed by atoms with Crippen LogP contribution in [0, 0.1) is 0 Å². The van der Waals surface area contributed by atoms with Gasteiger partial charge in [0.25, 0.3) is 0 Å². The van der Waals surface area contributed by atoms with Crippen molar-refractivity contribution in [2.45, 2.75) is 0 Å². The minimum atomic E-state index is -0.616. The lowest BCUT2D eigenvalue weighted by Gasteiger charge is -2.05. The van der Waals surface area contributed by atoms with Crippen molar-refractivity contribution in [3.05, 3.63) is 65.5 Å². The number of carbonyl (C=O) groups excluding carboxylic acids is 3. The van der Waals surface area contributed by atoms with E-state index in [1.54, 1.807) is 50.5 Å². The van der Waals surface area contributed by atoms with Crippen LogP contribution in [-0.4, -0.2) is 49.3 Å². The van der Waals surface area contributed by atoms with Gasteiger partial charge in [0.1, 0.15) is 0 Å². The molecule has 2 rings (SSSR count). The molecule has 0 radical (unpaired) electrons. The van der Waals surface area contributed by atoms with Gasteiger partial charge in [-0.25, -0.2) is 9.78 Å². The Balaban J connectivity index is 0.000000463. The van der Waals surface area contributed by atoms with Crippen LogP contribution in [0.3, 0.4) is 0 Å². The van der Waals surface area contributed by atoms with Crippen LogP contribution in [0.1, 0.15) is 26.4 Å². The van der Waals surface area contributed by atoms with Crippen LogP contribution in [0.25, 0.3) is 0 Å². The van der Waals surface area contributed by atoms with Crippen molar-refractivity contribution >= 4 is 18.2 Å². The number of ether oxygens (including phenoxy) is 1. The van der Waals surface area contributed by atoms with Crippen LogP contribution in [0.2, 0.25) is 0 Å². The van der Waals surface area contributed by atoms with Crippen molar-refractivity contribution in [1.29, 1.82) is 0 Å². The molecule has 1 aromatic carbocycles. The van der Waals surface area contributed by atoms with E-state index in [2.05, 4.69) is 9.72 Å². The van der Waals surface area contributed by atoms with Crippen LogP contribution >= 0.6 is 0 Å². The van der Waals surface area contributed by atoms with E-state index in [1.165, 1.54) is 18.2 Å². The standard InChI is InChI=1S/C14H11NO3.C3H7NO/c1-18-14(17)12-11(8-5-9-15-12)13(16)10-6-3-2-4-7-10;1-4(2)3-5/h2-9H,1H3;3H,1-2H3. The predicted molar refractivity (Wildman–Crippen MR) is 85.2 cm³/mol. The summed E-state index contributed by atoms with van der Waals surface area (Å²) >= 11 is 0. The topological polar surface area (TPSA) is 76.6 Å². The molecule has 0 aliphatic heterocycles. The number of nitrogens with zero attached hydrogens (tertiary/aromatic N) is 2. The second-order valence-electron chi connectivity index (χ2n) is 4.66. The summed E-state index contributed by atoms with van der Waals surface area (Å²) in [5.74, 6) is -0.862. The lowest BCUT2D eigenvalue weighted by molar-refractivity contribution is -0.115. The molecule has 120 valence electrons. The van der Waals surface area contributed by atoms with E-state index in [9.17, 15) is 14.4 Å². The van der Waals surface area contributed by atoms with Gasteiger partial charge in [0.2, 0.25) is 6.41 Å². The van der Waals surface area contributed by atoms with Gasteiger partial charge >= 0.3 is 5.97 Å². The minimum Gasteiger partial charge on any atom is -0.464 e. The maximum Gasteiger partial charge on any atom is 0.357 e. The Morgan fingerprint density at radius 3 is 2.22 bits per heavy atom. The fourth-order valence-corrected chi connectivity index (χ4v) is 1.59. The van der Waals surface area contributed by atoms with E-state index in [1.807, 2.05) is 6.07 Å². The summed E-state index contributed by atoms with van der Waals surface area (Å²) in [6.45, 7) is 0. The highest BCUT2D eigenvalue weighted by Crippen LogP contribution is 2.13.